The zero-order chi connectivity index (χ0) is 17.5. The zero-order valence-corrected chi connectivity index (χ0v) is 14.2. The summed E-state index contributed by atoms with van der Waals surface area (Å²) < 4.78 is 10.4. The number of hydrogen-bond donors (Lipinski definition) is 1. The number of amides is 3. The normalized spacial score (nSPS) is 14.3. The van der Waals surface area contributed by atoms with Crippen molar-refractivity contribution in [3.05, 3.63) is 29.8 Å². The van der Waals surface area contributed by atoms with E-state index in [2.05, 4.69) is 5.32 Å². The highest BCUT2D eigenvalue weighted by Crippen LogP contribution is 2.25. The van der Waals surface area contributed by atoms with Crippen LogP contribution in [-0.4, -0.2) is 55.0 Å². The third kappa shape index (κ3) is 4.51. The minimum Gasteiger partial charge on any atom is -0.497 e. The van der Waals surface area contributed by atoms with Gasteiger partial charge in [0.2, 0.25) is 11.8 Å². The van der Waals surface area contributed by atoms with Gasteiger partial charge in [0.25, 0.3) is 5.24 Å². The van der Waals surface area contributed by atoms with Gasteiger partial charge in [-0.1, -0.05) is 11.8 Å². The van der Waals surface area contributed by atoms with E-state index >= 15 is 0 Å². The van der Waals surface area contributed by atoms with Gasteiger partial charge >= 0.3 is 0 Å². The van der Waals surface area contributed by atoms with Crippen molar-refractivity contribution in [3.63, 3.8) is 0 Å². The molecule has 0 spiro atoms. The second kappa shape index (κ2) is 8.39. The van der Waals surface area contributed by atoms with E-state index in [0.717, 1.165) is 16.7 Å². The monoisotopic (exact) mass is 350 g/mol. The van der Waals surface area contributed by atoms with Crippen LogP contribution in [0.3, 0.4) is 0 Å². The number of benzene rings is 1. The van der Waals surface area contributed by atoms with Crippen molar-refractivity contribution in [1.29, 1.82) is 0 Å². The van der Waals surface area contributed by atoms with Gasteiger partial charge in [0, 0.05) is 24.7 Å². The van der Waals surface area contributed by atoms with Gasteiger partial charge in [-0.05, 0) is 24.3 Å². The summed E-state index contributed by atoms with van der Waals surface area (Å²) in [6, 6.07) is 5.26. The number of imide groups is 1. The van der Waals surface area contributed by atoms with E-state index in [-0.39, 0.29) is 35.9 Å². The Kier molecular flexibility index (Phi) is 6.25. The Morgan fingerprint density at radius 1 is 1.33 bits per heavy atom. The number of thioether (sulfide) groups is 1. The summed E-state index contributed by atoms with van der Waals surface area (Å²) in [5.41, 5.74) is 0.702. The van der Waals surface area contributed by atoms with E-state index in [4.69, 9.17) is 9.47 Å². The predicted octanol–water partition coefficient (Wildman–Crippen LogP) is 1.53. The molecule has 1 aliphatic rings. The van der Waals surface area contributed by atoms with Crippen LogP contribution in [-0.2, 0) is 9.59 Å². The highest BCUT2D eigenvalue weighted by Gasteiger charge is 2.29. The summed E-state index contributed by atoms with van der Waals surface area (Å²) in [7, 11) is 3.10. The van der Waals surface area contributed by atoms with Gasteiger partial charge in [-0.3, -0.25) is 19.3 Å². The number of ether oxygens (including phenoxy) is 2. The van der Waals surface area contributed by atoms with Crippen molar-refractivity contribution in [2.45, 2.75) is 0 Å². The molecule has 1 N–H and O–H groups in total. The third-order valence-electron chi connectivity index (χ3n) is 3.33. The van der Waals surface area contributed by atoms with Crippen LogP contribution < -0.4 is 14.8 Å². The lowest BCUT2D eigenvalue weighted by atomic mass is 10.1. The molecule has 0 aliphatic carbocycles. The first-order valence-corrected chi connectivity index (χ1v) is 8.18. The molecule has 1 aliphatic heterocycles. The minimum absolute atomic E-state index is 0.169. The molecule has 1 heterocycles. The Morgan fingerprint density at radius 2 is 2.12 bits per heavy atom. The zero-order valence-electron chi connectivity index (χ0n) is 13.4. The number of nitrogens with zero attached hydrogens (tertiary/aromatic N) is 1. The van der Waals surface area contributed by atoms with Gasteiger partial charge in [-0.15, -0.1) is 0 Å². The quantitative estimate of drug-likeness (QED) is 0.751. The number of hydrogen-bond acceptors (Lipinski definition) is 6. The number of carbonyl (C=O) groups is 3. The topological polar surface area (TPSA) is 84.9 Å². The van der Waals surface area contributed by atoms with Crippen molar-refractivity contribution in [2.24, 2.45) is 0 Å². The Balaban J connectivity index is 1.89. The molecular weight excluding hydrogens is 332 g/mol. The number of nitrogens with one attached hydrogen (secondary N) is 1. The third-order valence-corrected chi connectivity index (χ3v) is 4.18. The lowest BCUT2D eigenvalue weighted by molar-refractivity contribution is -0.125. The fourth-order valence-electron chi connectivity index (χ4n) is 2.08. The van der Waals surface area contributed by atoms with Crippen LogP contribution in [0.25, 0.3) is 6.08 Å². The second-order valence-electron chi connectivity index (χ2n) is 4.83. The molecule has 2 rings (SSSR count). The van der Waals surface area contributed by atoms with E-state index in [1.165, 1.54) is 6.08 Å². The van der Waals surface area contributed by atoms with Crippen molar-refractivity contribution in [1.82, 2.24) is 10.2 Å². The largest absolute Gasteiger partial charge is 0.497 e. The molecule has 1 aromatic rings. The molecule has 3 amide bonds. The fraction of sp³-hybridized carbons (Fsp3) is 0.312. The second-order valence-corrected chi connectivity index (χ2v) is 5.76. The molecule has 1 aromatic carbocycles. The van der Waals surface area contributed by atoms with Gasteiger partial charge < -0.3 is 14.8 Å². The lowest BCUT2D eigenvalue weighted by Crippen LogP contribution is -2.37. The Bertz CT molecular complexity index is 658. The molecule has 0 bridgehead atoms. The number of methoxy groups -OCH3 is 2. The minimum atomic E-state index is -0.327. The van der Waals surface area contributed by atoms with Gasteiger partial charge in [-0.25, -0.2) is 0 Å². The van der Waals surface area contributed by atoms with Crippen LogP contribution in [0.4, 0.5) is 4.79 Å². The first kappa shape index (κ1) is 17.9. The molecule has 24 heavy (non-hydrogen) atoms. The molecule has 8 heteroatoms. The first-order valence-electron chi connectivity index (χ1n) is 7.20. The maximum atomic E-state index is 11.8. The first-order chi connectivity index (χ1) is 11.5. The molecule has 0 saturated carbocycles. The summed E-state index contributed by atoms with van der Waals surface area (Å²) >= 11 is 0.972. The molecule has 0 atom stereocenters. The van der Waals surface area contributed by atoms with Crippen LogP contribution in [0.2, 0.25) is 0 Å². The lowest BCUT2D eigenvalue weighted by Gasteiger charge is -2.12. The van der Waals surface area contributed by atoms with E-state index < -0.39 is 0 Å². The average molecular weight is 350 g/mol. The van der Waals surface area contributed by atoms with Gasteiger partial charge in [0.15, 0.2) is 0 Å². The summed E-state index contributed by atoms with van der Waals surface area (Å²) in [5, 5.41) is 2.36. The molecular formula is C16H18N2O5S. The van der Waals surface area contributed by atoms with E-state index in [1.807, 2.05) is 0 Å². The van der Waals surface area contributed by atoms with Crippen LogP contribution in [0, 0.1) is 0 Å². The molecule has 1 fully saturated rings. The molecule has 7 nitrogen and oxygen atoms in total. The van der Waals surface area contributed by atoms with Crippen LogP contribution in [0.1, 0.15) is 5.56 Å². The van der Waals surface area contributed by atoms with E-state index in [1.54, 1.807) is 38.5 Å². The van der Waals surface area contributed by atoms with Gasteiger partial charge in [0.05, 0.1) is 20.0 Å². The molecule has 0 aromatic heterocycles. The Labute approximate surface area is 144 Å². The summed E-state index contributed by atoms with van der Waals surface area (Å²) in [6.45, 7) is 0.378. The Morgan fingerprint density at radius 3 is 2.75 bits per heavy atom. The van der Waals surface area contributed by atoms with Crippen molar-refractivity contribution >= 4 is 34.9 Å². The average Bonchev–Trinajstić information content (AvgIpc) is 2.91. The summed E-state index contributed by atoms with van der Waals surface area (Å²) in [5.74, 6) is 0.884. The van der Waals surface area contributed by atoms with Gasteiger partial charge in [0.1, 0.15) is 11.5 Å². The number of rotatable bonds is 7. The van der Waals surface area contributed by atoms with Crippen molar-refractivity contribution in [3.8, 4) is 11.5 Å². The van der Waals surface area contributed by atoms with Crippen molar-refractivity contribution in [2.75, 3.05) is 33.1 Å². The smallest absolute Gasteiger partial charge is 0.288 e. The highest BCUT2D eigenvalue weighted by molar-refractivity contribution is 8.14. The standard InChI is InChI=1S/C16H18N2O5S/c1-22-12-4-5-13(23-2)11(9-12)3-6-14(19)17-7-8-18-15(20)10-24-16(18)21/h3-6,9H,7-8,10H2,1-2H3,(H,17,19)/b6-3+. The van der Waals surface area contributed by atoms with E-state index in [0.29, 0.717) is 17.1 Å². The molecule has 0 radical (unpaired) electrons. The van der Waals surface area contributed by atoms with E-state index in [9.17, 15) is 14.4 Å². The van der Waals surface area contributed by atoms with Crippen molar-refractivity contribution < 1.29 is 23.9 Å². The SMILES string of the molecule is COc1ccc(OC)c(/C=C/C(=O)NCCN2C(=O)CSC2=O)c1. The van der Waals surface area contributed by atoms with Gasteiger partial charge in [-0.2, -0.15) is 0 Å². The summed E-state index contributed by atoms with van der Waals surface area (Å²) in [4.78, 5) is 35.8. The predicted molar refractivity (Wildman–Crippen MR) is 91.2 cm³/mol. The maximum absolute atomic E-state index is 11.8. The van der Waals surface area contributed by atoms with Crippen LogP contribution >= 0.6 is 11.8 Å². The Hall–Kier alpha value is -2.48. The highest BCUT2D eigenvalue weighted by atomic mass is 32.2. The number of carbonyl (C=O) groups excluding carboxylic acids is 3. The van der Waals surface area contributed by atoms with Crippen LogP contribution in [0.5, 0.6) is 11.5 Å². The maximum Gasteiger partial charge on any atom is 0.288 e. The fourth-order valence-corrected chi connectivity index (χ4v) is 2.83. The van der Waals surface area contributed by atoms with Crippen LogP contribution in [0.15, 0.2) is 24.3 Å². The molecule has 0 unspecified atom stereocenters. The molecule has 128 valence electrons. The summed E-state index contributed by atoms with van der Waals surface area (Å²) in [6.07, 6.45) is 2.97. The molecule has 1 saturated heterocycles.